The van der Waals surface area contributed by atoms with Gasteiger partial charge in [-0.2, -0.15) is 0 Å². The van der Waals surface area contributed by atoms with Gasteiger partial charge >= 0.3 is 5.97 Å². The van der Waals surface area contributed by atoms with Crippen molar-refractivity contribution in [3.05, 3.63) is 120 Å². The second-order valence-electron chi connectivity index (χ2n) is 9.19. The first kappa shape index (κ1) is 27.5. The van der Waals surface area contributed by atoms with Gasteiger partial charge in [-0.3, -0.25) is 4.79 Å². The van der Waals surface area contributed by atoms with Crippen LogP contribution in [0.5, 0.6) is 5.75 Å². The first-order chi connectivity index (χ1) is 19.0. The van der Waals surface area contributed by atoms with E-state index < -0.39 is 0 Å². The molecule has 0 saturated carbocycles. The number of nitrogens with zero attached hydrogens (tertiary/aromatic N) is 2. The molecule has 39 heavy (non-hydrogen) atoms. The summed E-state index contributed by atoms with van der Waals surface area (Å²) in [4.78, 5) is 26.5. The van der Waals surface area contributed by atoms with E-state index in [1.165, 1.54) is 11.6 Å². The molecule has 0 aliphatic carbocycles. The van der Waals surface area contributed by atoms with Crippen molar-refractivity contribution in [3.63, 3.8) is 0 Å². The summed E-state index contributed by atoms with van der Waals surface area (Å²) in [7, 11) is 1.84. The van der Waals surface area contributed by atoms with E-state index in [9.17, 15) is 9.59 Å². The summed E-state index contributed by atoms with van der Waals surface area (Å²) in [5.74, 6) is 0.391. The van der Waals surface area contributed by atoms with Crippen molar-refractivity contribution in [2.45, 2.75) is 26.5 Å². The number of benzene rings is 3. The molecule has 0 aliphatic heterocycles. The maximum Gasteiger partial charge on any atom is 0.330 e. The zero-order chi connectivity index (χ0) is 27.5. The fraction of sp³-hybridized carbons (Fsp3) is 0.212. The zero-order valence-electron chi connectivity index (χ0n) is 22.5. The lowest BCUT2D eigenvalue weighted by Gasteiger charge is -2.18. The minimum atomic E-state index is -0.384. The lowest BCUT2D eigenvalue weighted by atomic mass is 10.1. The van der Waals surface area contributed by atoms with Crippen molar-refractivity contribution < 1.29 is 19.1 Å². The largest absolute Gasteiger partial charge is 0.489 e. The van der Waals surface area contributed by atoms with Crippen molar-refractivity contribution in [3.8, 4) is 5.75 Å². The third-order valence-electron chi connectivity index (χ3n) is 6.35. The highest BCUT2D eigenvalue weighted by Crippen LogP contribution is 2.28. The normalized spacial score (nSPS) is 11.3. The van der Waals surface area contributed by atoms with Crippen LogP contribution in [0.4, 0.5) is 0 Å². The average Bonchev–Trinajstić information content (AvgIpc) is 3.30. The lowest BCUT2D eigenvalue weighted by molar-refractivity contribution is -0.137. The molecule has 0 saturated heterocycles. The summed E-state index contributed by atoms with van der Waals surface area (Å²) in [5.41, 5.74) is 4.14. The number of ether oxygens (including phenoxy) is 2. The molecule has 0 spiro atoms. The van der Waals surface area contributed by atoms with E-state index in [-0.39, 0.29) is 18.4 Å². The smallest absolute Gasteiger partial charge is 0.330 e. The minimum absolute atomic E-state index is 0.0324. The molecule has 0 fully saturated rings. The topological polar surface area (TPSA) is 60.8 Å². The SMILES string of the molecule is CCOC(=O)/C=C/C=C/c1cn(CC(=O)N(C)CCc2ccccc2)c2ccc(OCc3ccccc3)cc12. The maximum atomic E-state index is 13.1. The Balaban J connectivity index is 1.53. The number of esters is 1. The van der Waals surface area contributed by atoms with Crippen LogP contribution < -0.4 is 4.74 Å². The Morgan fingerprint density at radius 3 is 2.36 bits per heavy atom. The average molecular weight is 523 g/mol. The van der Waals surface area contributed by atoms with E-state index in [1.54, 1.807) is 24.0 Å². The van der Waals surface area contributed by atoms with E-state index in [1.807, 2.05) is 90.6 Å². The molecule has 6 heteroatoms. The van der Waals surface area contributed by atoms with E-state index in [0.717, 1.165) is 34.2 Å². The lowest BCUT2D eigenvalue weighted by Crippen LogP contribution is -2.31. The third-order valence-corrected chi connectivity index (χ3v) is 6.35. The first-order valence-electron chi connectivity index (χ1n) is 13.1. The number of allylic oxidation sites excluding steroid dienone is 2. The number of carbonyl (C=O) groups is 2. The van der Waals surface area contributed by atoms with E-state index in [4.69, 9.17) is 9.47 Å². The molecule has 0 bridgehead atoms. The Morgan fingerprint density at radius 1 is 0.923 bits per heavy atom. The molecule has 1 heterocycles. The highest BCUT2D eigenvalue weighted by molar-refractivity contribution is 5.92. The van der Waals surface area contributed by atoms with Gasteiger partial charge in [0, 0.05) is 42.3 Å². The molecule has 0 N–H and O–H groups in total. The molecule has 1 amide bonds. The molecule has 0 radical (unpaired) electrons. The Morgan fingerprint density at radius 2 is 1.64 bits per heavy atom. The summed E-state index contributed by atoms with van der Waals surface area (Å²) in [6.45, 7) is 3.43. The molecular formula is C33H34N2O4. The highest BCUT2D eigenvalue weighted by Gasteiger charge is 2.14. The third kappa shape index (κ3) is 7.95. The number of amides is 1. The van der Waals surface area contributed by atoms with Gasteiger partial charge in [0.05, 0.1) is 6.61 Å². The van der Waals surface area contributed by atoms with Crippen LogP contribution in [0.2, 0.25) is 0 Å². The summed E-state index contributed by atoms with van der Waals surface area (Å²) in [5, 5.41) is 0.959. The first-order valence-corrected chi connectivity index (χ1v) is 13.1. The Hall–Kier alpha value is -4.58. The van der Waals surface area contributed by atoms with Crippen molar-refractivity contribution in [2.75, 3.05) is 20.2 Å². The Labute approximate surface area is 229 Å². The molecule has 1 aromatic heterocycles. The number of hydrogen-bond acceptors (Lipinski definition) is 4. The van der Waals surface area contributed by atoms with Gasteiger partial charge in [-0.25, -0.2) is 4.79 Å². The summed E-state index contributed by atoms with van der Waals surface area (Å²) in [6.07, 6.45) is 9.51. The monoisotopic (exact) mass is 522 g/mol. The molecule has 4 rings (SSSR count). The molecule has 200 valence electrons. The number of fused-ring (bicyclic) bond motifs is 1. The van der Waals surface area contributed by atoms with Gasteiger partial charge in [-0.05, 0) is 42.7 Å². The van der Waals surface area contributed by atoms with E-state index in [2.05, 4.69) is 12.1 Å². The quantitative estimate of drug-likeness (QED) is 0.129. The van der Waals surface area contributed by atoms with Gasteiger partial charge in [-0.1, -0.05) is 78.9 Å². The number of carbonyl (C=O) groups excluding carboxylic acids is 2. The Bertz CT molecular complexity index is 1440. The molecule has 0 unspecified atom stereocenters. The van der Waals surface area contributed by atoms with Crippen molar-refractivity contribution in [1.82, 2.24) is 9.47 Å². The number of likely N-dealkylation sites (N-methyl/N-ethyl adjacent to an activating group) is 1. The molecular weight excluding hydrogens is 488 g/mol. The minimum Gasteiger partial charge on any atom is -0.489 e. The van der Waals surface area contributed by atoms with E-state index >= 15 is 0 Å². The van der Waals surface area contributed by atoms with Gasteiger partial charge in [0.25, 0.3) is 0 Å². The van der Waals surface area contributed by atoms with Crippen molar-refractivity contribution in [2.24, 2.45) is 0 Å². The van der Waals surface area contributed by atoms with Crippen LogP contribution in [0.1, 0.15) is 23.6 Å². The maximum absolute atomic E-state index is 13.1. The molecule has 3 aromatic carbocycles. The number of hydrogen-bond donors (Lipinski definition) is 0. The van der Waals surface area contributed by atoms with Crippen LogP contribution >= 0.6 is 0 Å². The van der Waals surface area contributed by atoms with Gasteiger partial charge in [-0.15, -0.1) is 0 Å². The van der Waals surface area contributed by atoms with Crippen LogP contribution in [0.3, 0.4) is 0 Å². The molecule has 0 aliphatic rings. The Kier molecular flexibility index (Phi) is 9.73. The fourth-order valence-electron chi connectivity index (χ4n) is 4.21. The molecule has 4 aromatic rings. The summed E-state index contributed by atoms with van der Waals surface area (Å²) < 4.78 is 13.0. The van der Waals surface area contributed by atoms with Crippen LogP contribution in [-0.2, 0) is 33.9 Å². The second-order valence-corrected chi connectivity index (χ2v) is 9.19. The van der Waals surface area contributed by atoms with Crippen LogP contribution in [0.15, 0.2) is 103 Å². The summed E-state index contributed by atoms with van der Waals surface area (Å²) in [6, 6.07) is 26.1. The highest BCUT2D eigenvalue weighted by atomic mass is 16.5. The zero-order valence-corrected chi connectivity index (χ0v) is 22.5. The van der Waals surface area contributed by atoms with Crippen molar-refractivity contribution >= 4 is 28.9 Å². The standard InChI is InChI=1S/C33H34N2O4/c1-3-38-33(37)17-11-10-16-28-23-35(24-32(36)34(2)21-20-26-12-6-4-7-13-26)31-19-18-29(22-30(28)31)39-25-27-14-8-5-9-15-27/h4-19,22-23H,3,20-21,24-25H2,1-2H3/b16-10+,17-11+. The predicted octanol–water partition coefficient (Wildman–Crippen LogP) is 6.05. The summed E-state index contributed by atoms with van der Waals surface area (Å²) >= 11 is 0. The number of aromatic nitrogens is 1. The van der Waals surface area contributed by atoms with E-state index in [0.29, 0.717) is 19.8 Å². The van der Waals surface area contributed by atoms with Crippen LogP contribution in [0, 0.1) is 0 Å². The second kappa shape index (κ2) is 13.8. The van der Waals surface area contributed by atoms with Gasteiger partial charge in [0.15, 0.2) is 0 Å². The van der Waals surface area contributed by atoms with Crippen LogP contribution in [-0.4, -0.2) is 41.5 Å². The van der Waals surface area contributed by atoms with Crippen molar-refractivity contribution in [1.29, 1.82) is 0 Å². The van der Waals surface area contributed by atoms with Crippen LogP contribution in [0.25, 0.3) is 17.0 Å². The molecule has 6 nitrogen and oxygen atoms in total. The van der Waals surface area contributed by atoms with Gasteiger partial charge in [0.2, 0.25) is 5.91 Å². The van der Waals surface area contributed by atoms with Gasteiger partial charge < -0.3 is 18.9 Å². The molecule has 0 atom stereocenters. The predicted molar refractivity (Wildman–Crippen MR) is 155 cm³/mol. The van der Waals surface area contributed by atoms with Gasteiger partial charge in [0.1, 0.15) is 18.9 Å². The number of rotatable bonds is 12. The fourth-order valence-corrected chi connectivity index (χ4v) is 4.21.